The van der Waals surface area contributed by atoms with Crippen LogP contribution in [0.1, 0.15) is 26.0 Å². The molecule has 0 amide bonds. The van der Waals surface area contributed by atoms with Gasteiger partial charge in [0.2, 0.25) is 0 Å². The number of anilines is 1. The third-order valence-corrected chi connectivity index (χ3v) is 3.58. The zero-order valence-electron chi connectivity index (χ0n) is 11.0. The van der Waals surface area contributed by atoms with E-state index in [2.05, 4.69) is 21.9 Å². The van der Waals surface area contributed by atoms with Gasteiger partial charge in [0.25, 0.3) is 0 Å². The summed E-state index contributed by atoms with van der Waals surface area (Å²) in [7, 11) is 1.71. The Balaban J connectivity index is 1.95. The third kappa shape index (κ3) is 1.95. The van der Waals surface area contributed by atoms with Crippen molar-refractivity contribution in [3.8, 4) is 0 Å². The number of hydrogen-bond acceptors (Lipinski definition) is 6. The summed E-state index contributed by atoms with van der Waals surface area (Å²) in [5.74, 6) is 0.386. The van der Waals surface area contributed by atoms with E-state index < -0.39 is 0 Å². The number of nitrogen functional groups attached to an aromatic ring is 1. The molecule has 2 aromatic rings. The Bertz CT molecular complexity index is 573. The van der Waals surface area contributed by atoms with Crippen LogP contribution in [0.2, 0.25) is 0 Å². The van der Waals surface area contributed by atoms with Crippen LogP contribution in [0.25, 0.3) is 11.2 Å². The van der Waals surface area contributed by atoms with E-state index in [0.29, 0.717) is 17.0 Å². The Hall–Kier alpha value is -1.73. The molecule has 3 rings (SSSR count). The second-order valence-electron chi connectivity index (χ2n) is 4.63. The lowest BCUT2D eigenvalue weighted by Gasteiger charge is -2.14. The van der Waals surface area contributed by atoms with Crippen LogP contribution in [0.15, 0.2) is 12.7 Å². The number of methoxy groups -OCH3 is 1. The second-order valence-corrected chi connectivity index (χ2v) is 4.63. The van der Waals surface area contributed by atoms with E-state index in [1.165, 1.54) is 6.33 Å². The van der Waals surface area contributed by atoms with Gasteiger partial charge in [0.05, 0.1) is 18.5 Å². The highest BCUT2D eigenvalue weighted by Crippen LogP contribution is 2.33. The maximum absolute atomic E-state index is 6.00. The number of nitrogens with zero attached hydrogens (tertiary/aromatic N) is 4. The smallest absolute Gasteiger partial charge is 0.167 e. The number of hydrogen-bond donors (Lipinski definition) is 1. The molecule has 7 heteroatoms. The van der Waals surface area contributed by atoms with E-state index in [4.69, 9.17) is 15.2 Å². The minimum Gasteiger partial charge on any atom is -0.382 e. The Labute approximate surface area is 110 Å². The summed E-state index contributed by atoms with van der Waals surface area (Å²) in [6.45, 7) is 2.09. The highest BCUT2D eigenvalue weighted by molar-refractivity contribution is 5.81. The summed E-state index contributed by atoms with van der Waals surface area (Å²) in [6.07, 6.45) is 4.93. The summed E-state index contributed by atoms with van der Waals surface area (Å²) in [5.41, 5.74) is 7.09. The SMILES string of the molecule is CC[C@H]1O[C@@H](n2cnc3c(N)ncnc32)CC1OC. The molecule has 1 unspecified atom stereocenters. The first-order valence-electron chi connectivity index (χ1n) is 6.35. The predicted molar refractivity (Wildman–Crippen MR) is 69.4 cm³/mol. The highest BCUT2D eigenvalue weighted by atomic mass is 16.6. The van der Waals surface area contributed by atoms with Crippen LogP contribution in [0.4, 0.5) is 5.82 Å². The molecule has 0 aliphatic carbocycles. The van der Waals surface area contributed by atoms with E-state index >= 15 is 0 Å². The van der Waals surface area contributed by atoms with Gasteiger partial charge in [-0.2, -0.15) is 0 Å². The number of fused-ring (bicyclic) bond motifs is 1. The number of nitrogens with two attached hydrogens (primary N) is 1. The van der Waals surface area contributed by atoms with Crippen LogP contribution in [0.5, 0.6) is 0 Å². The molecule has 1 aliphatic rings. The topological polar surface area (TPSA) is 88.1 Å². The Morgan fingerprint density at radius 1 is 1.47 bits per heavy atom. The van der Waals surface area contributed by atoms with Crippen molar-refractivity contribution in [2.75, 3.05) is 12.8 Å². The number of aromatic nitrogens is 4. The lowest BCUT2D eigenvalue weighted by Crippen LogP contribution is -2.21. The first kappa shape index (κ1) is 12.3. The van der Waals surface area contributed by atoms with E-state index in [1.807, 2.05) is 4.57 Å². The van der Waals surface area contributed by atoms with E-state index in [0.717, 1.165) is 12.8 Å². The van der Waals surface area contributed by atoms with Gasteiger partial charge in [-0.25, -0.2) is 15.0 Å². The summed E-state index contributed by atoms with van der Waals surface area (Å²) in [5, 5.41) is 0. The molecule has 19 heavy (non-hydrogen) atoms. The molecule has 0 aromatic carbocycles. The highest BCUT2D eigenvalue weighted by Gasteiger charge is 2.35. The number of ether oxygens (including phenoxy) is 2. The summed E-state index contributed by atoms with van der Waals surface area (Å²) in [4.78, 5) is 12.4. The molecule has 3 atom stereocenters. The molecule has 1 aliphatic heterocycles. The van der Waals surface area contributed by atoms with Crippen molar-refractivity contribution in [3.63, 3.8) is 0 Å². The van der Waals surface area contributed by atoms with Crippen molar-refractivity contribution in [3.05, 3.63) is 12.7 Å². The van der Waals surface area contributed by atoms with Gasteiger partial charge in [0.1, 0.15) is 18.1 Å². The van der Waals surface area contributed by atoms with Gasteiger partial charge in [-0.05, 0) is 6.42 Å². The summed E-state index contributed by atoms with van der Waals surface area (Å²) >= 11 is 0. The van der Waals surface area contributed by atoms with Gasteiger partial charge in [0, 0.05) is 13.5 Å². The molecule has 0 spiro atoms. The monoisotopic (exact) mass is 263 g/mol. The van der Waals surface area contributed by atoms with Gasteiger partial charge >= 0.3 is 0 Å². The van der Waals surface area contributed by atoms with Crippen LogP contribution in [-0.4, -0.2) is 38.8 Å². The summed E-state index contributed by atoms with van der Waals surface area (Å²) < 4.78 is 13.4. The summed E-state index contributed by atoms with van der Waals surface area (Å²) in [6, 6.07) is 0. The van der Waals surface area contributed by atoms with Crippen molar-refractivity contribution >= 4 is 17.0 Å². The molecule has 3 heterocycles. The largest absolute Gasteiger partial charge is 0.382 e. The molecule has 2 aromatic heterocycles. The minimum absolute atomic E-state index is 0.103. The molecule has 1 fully saturated rings. The van der Waals surface area contributed by atoms with Crippen molar-refractivity contribution in [1.82, 2.24) is 19.5 Å². The lowest BCUT2D eigenvalue weighted by atomic mass is 10.1. The predicted octanol–water partition coefficient (Wildman–Crippen LogP) is 1.12. The van der Waals surface area contributed by atoms with Crippen LogP contribution < -0.4 is 5.73 Å². The standard InChI is InChI=1S/C12H17N5O2/c1-3-7-8(18-2)4-9(19-7)17-6-16-10-11(13)14-5-15-12(10)17/h5-9H,3-4H2,1-2H3,(H2,13,14,15)/t7-,8?,9-/m1/s1. The first-order chi connectivity index (χ1) is 9.24. The van der Waals surface area contributed by atoms with E-state index in [1.54, 1.807) is 13.4 Å². The molecular formula is C12H17N5O2. The molecule has 0 bridgehead atoms. The zero-order valence-corrected chi connectivity index (χ0v) is 11.0. The Kier molecular flexibility index (Phi) is 3.08. The van der Waals surface area contributed by atoms with E-state index in [9.17, 15) is 0 Å². The van der Waals surface area contributed by atoms with Crippen LogP contribution in [0.3, 0.4) is 0 Å². The molecule has 102 valence electrons. The fraction of sp³-hybridized carbons (Fsp3) is 0.583. The third-order valence-electron chi connectivity index (χ3n) is 3.58. The maximum Gasteiger partial charge on any atom is 0.167 e. The molecule has 0 saturated carbocycles. The second kappa shape index (κ2) is 4.75. The van der Waals surface area contributed by atoms with Gasteiger partial charge < -0.3 is 15.2 Å². The Morgan fingerprint density at radius 3 is 3.00 bits per heavy atom. The van der Waals surface area contributed by atoms with Crippen molar-refractivity contribution < 1.29 is 9.47 Å². The lowest BCUT2D eigenvalue weighted by molar-refractivity contribution is -0.0273. The molecule has 2 N–H and O–H groups in total. The van der Waals surface area contributed by atoms with Crippen molar-refractivity contribution in [1.29, 1.82) is 0 Å². The fourth-order valence-corrected chi connectivity index (χ4v) is 2.56. The van der Waals surface area contributed by atoms with Crippen LogP contribution in [0, 0.1) is 0 Å². The van der Waals surface area contributed by atoms with Crippen LogP contribution in [-0.2, 0) is 9.47 Å². The molecule has 1 saturated heterocycles. The normalized spacial score (nSPS) is 27.2. The van der Waals surface area contributed by atoms with Gasteiger partial charge in [0.15, 0.2) is 11.5 Å². The van der Waals surface area contributed by atoms with Gasteiger partial charge in [-0.15, -0.1) is 0 Å². The Morgan fingerprint density at radius 2 is 2.32 bits per heavy atom. The van der Waals surface area contributed by atoms with Gasteiger partial charge in [-0.1, -0.05) is 6.92 Å². The average molecular weight is 263 g/mol. The maximum atomic E-state index is 6.00. The van der Waals surface area contributed by atoms with E-state index in [-0.39, 0.29) is 18.4 Å². The zero-order chi connectivity index (χ0) is 13.4. The van der Waals surface area contributed by atoms with Gasteiger partial charge in [-0.3, -0.25) is 4.57 Å². The number of rotatable bonds is 3. The van der Waals surface area contributed by atoms with Crippen molar-refractivity contribution in [2.24, 2.45) is 0 Å². The quantitative estimate of drug-likeness (QED) is 0.892. The van der Waals surface area contributed by atoms with Crippen molar-refractivity contribution in [2.45, 2.75) is 38.2 Å². The molecular weight excluding hydrogens is 246 g/mol. The fourth-order valence-electron chi connectivity index (χ4n) is 2.56. The number of imidazole rings is 1. The molecule has 7 nitrogen and oxygen atoms in total. The van der Waals surface area contributed by atoms with Crippen LogP contribution >= 0.6 is 0 Å². The average Bonchev–Trinajstić information content (AvgIpc) is 3.02. The first-order valence-corrected chi connectivity index (χ1v) is 6.35. The minimum atomic E-state index is -0.116. The molecule has 0 radical (unpaired) electrons.